The first-order valence-electron chi connectivity index (χ1n) is 8.36. The molecule has 0 heterocycles. The molecule has 21 heavy (non-hydrogen) atoms. The lowest BCUT2D eigenvalue weighted by Gasteiger charge is -2.28. The van der Waals surface area contributed by atoms with Crippen LogP contribution in [0.25, 0.3) is 0 Å². The van der Waals surface area contributed by atoms with E-state index in [2.05, 4.69) is 6.92 Å². The van der Waals surface area contributed by atoms with Crippen LogP contribution >= 0.6 is 0 Å². The topological polar surface area (TPSA) is 60.4 Å². The molecule has 0 saturated heterocycles. The molecule has 1 unspecified atom stereocenters. The lowest BCUT2D eigenvalue weighted by atomic mass is 9.79. The van der Waals surface area contributed by atoms with Gasteiger partial charge in [0.15, 0.2) is 0 Å². The highest BCUT2D eigenvalue weighted by atomic mass is 16.5. The van der Waals surface area contributed by atoms with Crippen LogP contribution in [-0.2, 0) is 19.1 Å². The minimum absolute atomic E-state index is 0.0555. The van der Waals surface area contributed by atoms with E-state index in [1.165, 1.54) is 51.4 Å². The number of hydrogen-bond acceptors (Lipinski definition) is 4. The average Bonchev–Trinajstić information content (AvgIpc) is 2.50. The van der Waals surface area contributed by atoms with Gasteiger partial charge < -0.3 is 4.74 Å². The van der Waals surface area contributed by atoms with Crippen LogP contribution in [0.15, 0.2) is 0 Å². The summed E-state index contributed by atoms with van der Waals surface area (Å²) in [4.78, 5) is 28.2. The fourth-order valence-electron chi connectivity index (χ4n) is 3.55. The van der Waals surface area contributed by atoms with Crippen molar-refractivity contribution in [3.63, 3.8) is 0 Å². The first-order chi connectivity index (χ1) is 10.2. The van der Waals surface area contributed by atoms with Gasteiger partial charge in [-0.05, 0) is 37.5 Å². The molecular weight excluding hydrogens is 268 g/mol. The minimum Gasteiger partial charge on any atom is -0.462 e. The van der Waals surface area contributed by atoms with Gasteiger partial charge in [0.1, 0.15) is 6.10 Å². The Balaban J connectivity index is 0.000000677. The average molecular weight is 296 g/mol. The predicted octanol–water partition coefficient (Wildman–Crippen LogP) is 3.89. The lowest BCUT2D eigenvalue weighted by Crippen LogP contribution is -2.24. The van der Waals surface area contributed by atoms with Crippen LogP contribution in [0, 0.1) is 11.8 Å². The van der Waals surface area contributed by atoms with Crippen LogP contribution in [0.3, 0.4) is 0 Å². The van der Waals surface area contributed by atoms with E-state index in [0.717, 1.165) is 18.8 Å². The first kappa shape index (κ1) is 17.9. The summed E-state index contributed by atoms with van der Waals surface area (Å²) in [5, 5.41) is 0. The van der Waals surface area contributed by atoms with Gasteiger partial charge in [-0.25, -0.2) is 0 Å². The van der Waals surface area contributed by atoms with Crippen molar-refractivity contribution in [3.8, 4) is 0 Å². The number of carbonyl (C=O) groups is 1. The van der Waals surface area contributed by atoms with Gasteiger partial charge in [0.25, 0.3) is 0 Å². The second-order valence-corrected chi connectivity index (χ2v) is 6.41. The zero-order valence-corrected chi connectivity index (χ0v) is 13.1. The molecule has 2 fully saturated rings. The molecule has 120 valence electrons. The van der Waals surface area contributed by atoms with Gasteiger partial charge in [0.05, 0.1) is 0 Å². The molecule has 0 aliphatic heterocycles. The van der Waals surface area contributed by atoms with Crippen LogP contribution in [-0.4, -0.2) is 18.2 Å². The van der Waals surface area contributed by atoms with E-state index in [9.17, 15) is 4.79 Å². The van der Waals surface area contributed by atoms with Crippen LogP contribution in [0.2, 0.25) is 0 Å². The summed E-state index contributed by atoms with van der Waals surface area (Å²) < 4.78 is 5.61. The molecule has 0 aromatic carbocycles. The van der Waals surface area contributed by atoms with E-state index in [1.54, 1.807) is 0 Å². The minimum atomic E-state index is 0.0555. The Morgan fingerprint density at radius 2 is 1.48 bits per heavy atom. The molecule has 2 aliphatic rings. The highest BCUT2D eigenvalue weighted by Crippen LogP contribution is 2.32. The quantitative estimate of drug-likeness (QED) is 0.738. The van der Waals surface area contributed by atoms with Crippen LogP contribution < -0.4 is 0 Å². The standard InChI is InChI=1S/C16H28O2.CO2/c1-13(14-8-4-2-5-9-14)12-16(17)18-15-10-6-3-7-11-15;2-1-3/h13-15H,2-12H2,1H3;. The maximum Gasteiger partial charge on any atom is 0.373 e. The summed E-state index contributed by atoms with van der Waals surface area (Å²) in [5.41, 5.74) is 0. The van der Waals surface area contributed by atoms with Gasteiger partial charge >= 0.3 is 12.1 Å². The summed E-state index contributed by atoms with van der Waals surface area (Å²) in [5.74, 6) is 1.33. The van der Waals surface area contributed by atoms with Crippen molar-refractivity contribution in [1.82, 2.24) is 0 Å². The molecule has 2 aliphatic carbocycles. The third-order valence-corrected chi connectivity index (χ3v) is 4.79. The second-order valence-electron chi connectivity index (χ2n) is 6.41. The van der Waals surface area contributed by atoms with Gasteiger partial charge in [-0.15, -0.1) is 0 Å². The second kappa shape index (κ2) is 10.6. The Morgan fingerprint density at radius 3 is 2.00 bits per heavy atom. The summed E-state index contributed by atoms with van der Waals surface area (Å²) in [6.07, 6.45) is 13.8. The molecule has 0 aromatic rings. The maximum absolute atomic E-state index is 11.9. The number of hydrogen-bond donors (Lipinski definition) is 0. The van der Waals surface area contributed by atoms with E-state index in [0.29, 0.717) is 12.3 Å². The molecule has 2 rings (SSSR count). The fourth-order valence-corrected chi connectivity index (χ4v) is 3.55. The van der Waals surface area contributed by atoms with E-state index in [-0.39, 0.29) is 18.2 Å². The summed E-state index contributed by atoms with van der Waals surface area (Å²) >= 11 is 0. The monoisotopic (exact) mass is 296 g/mol. The molecule has 0 radical (unpaired) electrons. The fraction of sp³-hybridized carbons (Fsp3) is 0.882. The lowest BCUT2D eigenvalue weighted by molar-refractivity contribution is -0.191. The number of carbonyl (C=O) groups excluding carboxylic acids is 3. The highest BCUT2D eigenvalue weighted by molar-refractivity contribution is 5.69. The molecule has 4 nitrogen and oxygen atoms in total. The molecular formula is C17H28O4. The Kier molecular flexibility index (Phi) is 9.00. The maximum atomic E-state index is 11.9. The number of ether oxygens (including phenoxy) is 1. The van der Waals surface area contributed by atoms with E-state index < -0.39 is 0 Å². The van der Waals surface area contributed by atoms with Crippen LogP contribution in [0.4, 0.5) is 0 Å². The highest BCUT2D eigenvalue weighted by Gasteiger charge is 2.24. The smallest absolute Gasteiger partial charge is 0.373 e. The third-order valence-electron chi connectivity index (χ3n) is 4.79. The molecule has 0 amide bonds. The van der Waals surface area contributed by atoms with Gasteiger partial charge in [0.2, 0.25) is 0 Å². The largest absolute Gasteiger partial charge is 0.462 e. The first-order valence-corrected chi connectivity index (χ1v) is 8.36. The molecule has 1 atom stereocenters. The van der Waals surface area contributed by atoms with Crippen LogP contribution in [0.1, 0.15) is 77.6 Å². The van der Waals surface area contributed by atoms with Crippen LogP contribution in [0.5, 0.6) is 0 Å². The van der Waals surface area contributed by atoms with Crippen molar-refractivity contribution in [2.75, 3.05) is 0 Å². The van der Waals surface area contributed by atoms with Crippen molar-refractivity contribution in [2.45, 2.75) is 83.7 Å². The molecule has 0 spiro atoms. The SMILES string of the molecule is CC(CC(=O)OC1CCCCC1)C1CCCCC1.O=C=O. The van der Waals surface area contributed by atoms with Crippen molar-refractivity contribution in [1.29, 1.82) is 0 Å². The molecule has 0 bridgehead atoms. The summed E-state index contributed by atoms with van der Waals surface area (Å²) in [6, 6.07) is 0. The number of esters is 1. The third kappa shape index (κ3) is 7.42. The van der Waals surface area contributed by atoms with E-state index in [4.69, 9.17) is 14.3 Å². The van der Waals surface area contributed by atoms with E-state index in [1.807, 2.05) is 0 Å². The molecule has 0 aromatic heterocycles. The zero-order chi connectivity index (χ0) is 15.5. The molecule has 0 N–H and O–H groups in total. The zero-order valence-electron chi connectivity index (χ0n) is 13.1. The number of rotatable bonds is 4. The van der Waals surface area contributed by atoms with Crippen molar-refractivity contribution in [2.24, 2.45) is 11.8 Å². The Morgan fingerprint density at radius 1 is 1.00 bits per heavy atom. The van der Waals surface area contributed by atoms with Gasteiger partial charge in [0, 0.05) is 6.42 Å². The normalized spacial score (nSPS) is 21.6. The predicted molar refractivity (Wildman–Crippen MR) is 78.3 cm³/mol. The summed E-state index contributed by atoms with van der Waals surface area (Å²) in [7, 11) is 0. The Bertz CT molecular complexity index is 322. The van der Waals surface area contributed by atoms with Crippen molar-refractivity contribution in [3.05, 3.63) is 0 Å². The van der Waals surface area contributed by atoms with Gasteiger partial charge in [-0.2, -0.15) is 9.59 Å². The Labute approximate surface area is 127 Å². The Hall–Kier alpha value is -1.15. The molecule has 4 heteroatoms. The molecule has 2 saturated carbocycles. The van der Waals surface area contributed by atoms with Gasteiger partial charge in [-0.1, -0.05) is 45.4 Å². The van der Waals surface area contributed by atoms with Crippen molar-refractivity contribution < 1.29 is 19.1 Å². The summed E-state index contributed by atoms with van der Waals surface area (Å²) in [6.45, 7) is 2.23. The van der Waals surface area contributed by atoms with Crippen molar-refractivity contribution >= 4 is 12.1 Å². The van der Waals surface area contributed by atoms with Gasteiger partial charge in [-0.3, -0.25) is 4.79 Å². The van der Waals surface area contributed by atoms with E-state index >= 15 is 0 Å².